The lowest BCUT2D eigenvalue weighted by Gasteiger charge is -2.28. The van der Waals surface area contributed by atoms with Gasteiger partial charge in [-0.1, -0.05) is 17.7 Å². The van der Waals surface area contributed by atoms with Crippen LogP contribution in [0.15, 0.2) is 24.3 Å². The molecule has 2 aliphatic rings. The van der Waals surface area contributed by atoms with E-state index in [2.05, 4.69) is 17.9 Å². The van der Waals surface area contributed by atoms with E-state index in [1.54, 1.807) is 0 Å². The molecule has 2 fully saturated rings. The lowest BCUT2D eigenvalue weighted by molar-refractivity contribution is -0.119. The minimum Gasteiger partial charge on any atom is -0.369 e. The third-order valence-electron chi connectivity index (χ3n) is 4.15. The van der Waals surface area contributed by atoms with E-state index in [1.165, 1.54) is 0 Å². The second-order valence-electron chi connectivity index (χ2n) is 5.04. The molecule has 1 aliphatic heterocycles. The Morgan fingerprint density at radius 1 is 1.53 bits per heavy atom. The van der Waals surface area contributed by atoms with E-state index in [0.717, 1.165) is 17.3 Å². The number of rotatable bonds is 2. The molecule has 0 unspecified atom stereocenters. The summed E-state index contributed by atoms with van der Waals surface area (Å²) in [6.07, 6.45) is 0. The third-order valence-corrected chi connectivity index (χ3v) is 4.39. The summed E-state index contributed by atoms with van der Waals surface area (Å²) in [5.74, 6) is 0.839. The van der Waals surface area contributed by atoms with Crippen molar-refractivity contribution in [2.45, 2.75) is 13.0 Å². The van der Waals surface area contributed by atoms with E-state index in [-0.39, 0.29) is 11.8 Å². The van der Waals surface area contributed by atoms with Gasteiger partial charge in [-0.2, -0.15) is 0 Å². The summed E-state index contributed by atoms with van der Waals surface area (Å²) in [6, 6.07) is 8.24. The number of carbonyl (C=O) groups is 1. The Balaban J connectivity index is 1.80. The highest BCUT2D eigenvalue weighted by Crippen LogP contribution is 2.55. The molecule has 1 aromatic rings. The van der Waals surface area contributed by atoms with Crippen LogP contribution in [0.4, 0.5) is 5.69 Å². The van der Waals surface area contributed by atoms with Gasteiger partial charge in [0.25, 0.3) is 0 Å². The highest BCUT2D eigenvalue weighted by molar-refractivity contribution is 6.30. The number of nitrogens with two attached hydrogens (primary N) is 1. The normalized spacial score (nSPS) is 34.6. The van der Waals surface area contributed by atoms with Crippen LogP contribution in [0.2, 0.25) is 5.02 Å². The molecule has 2 N–H and O–H groups in total. The molecule has 1 heterocycles. The highest BCUT2D eigenvalue weighted by Gasteiger charge is 2.62. The zero-order valence-electron chi connectivity index (χ0n) is 9.64. The van der Waals surface area contributed by atoms with E-state index < -0.39 is 0 Å². The number of hydrogen-bond acceptors (Lipinski definition) is 2. The Kier molecular flexibility index (Phi) is 2.33. The van der Waals surface area contributed by atoms with Crippen molar-refractivity contribution < 1.29 is 4.79 Å². The first-order chi connectivity index (χ1) is 8.09. The average Bonchev–Trinajstić information content (AvgIpc) is 2.90. The van der Waals surface area contributed by atoms with Gasteiger partial charge in [0.2, 0.25) is 5.91 Å². The van der Waals surface area contributed by atoms with Crippen LogP contribution in [-0.4, -0.2) is 18.5 Å². The highest BCUT2D eigenvalue weighted by atomic mass is 35.5. The number of halogens is 1. The summed E-state index contributed by atoms with van der Waals surface area (Å²) in [4.78, 5) is 13.5. The van der Waals surface area contributed by atoms with Gasteiger partial charge in [-0.15, -0.1) is 0 Å². The predicted molar refractivity (Wildman–Crippen MR) is 67.9 cm³/mol. The topological polar surface area (TPSA) is 46.3 Å². The number of nitrogens with zero attached hydrogens (tertiary/aromatic N) is 1. The van der Waals surface area contributed by atoms with Crippen LogP contribution in [0, 0.1) is 17.8 Å². The number of hydrogen-bond donors (Lipinski definition) is 1. The minimum atomic E-state index is -0.141. The molecule has 1 aromatic carbocycles. The van der Waals surface area contributed by atoms with Gasteiger partial charge in [-0.25, -0.2) is 0 Å². The van der Waals surface area contributed by atoms with Gasteiger partial charge in [-0.3, -0.25) is 4.79 Å². The molecule has 0 bridgehead atoms. The van der Waals surface area contributed by atoms with Crippen LogP contribution >= 0.6 is 11.6 Å². The van der Waals surface area contributed by atoms with E-state index >= 15 is 0 Å². The fourth-order valence-electron chi connectivity index (χ4n) is 3.29. The van der Waals surface area contributed by atoms with Crippen LogP contribution in [0.25, 0.3) is 0 Å². The van der Waals surface area contributed by atoms with Crippen molar-refractivity contribution in [3.8, 4) is 0 Å². The Morgan fingerprint density at radius 3 is 2.82 bits per heavy atom. The standard InChI is InChI=1S/C13H15ClN2O/c1-7-11-10(12(11)13(15)17)6-16(7)9-4-2-3-8(14)5-9/h2-5,7,10-12H,6H2,1H3,(H2,15,17)/t7-,10+,11-,12-/m1/s1. The van der Waals surface area contributed by atoms with Gasteiger partial charge in [0.1, 0.15) is 0 Å². The number of anilines is 1. The van der Waals surface area contributed by atoms with E-state index in [4.69, 9.17) is 17.3 Å². The zero-order chi connectivity index (χ0) is 12.2. The van der Waals surface area contributed by atoms with Crippen molar-refractivity contribution in [1.29, 1.82) is 0 Å². The monoisotopic (exact) mass is 250 g/mol. The largest absolute Gasteiger partial charge is 0.369 e. The molecule has 1 amide bonds. The molecular weight excluding hydrogens is 236 g/mol. The van der Waals surface area contributed by atoms with Crippen LogP contribution in [0.1, 0.15) is 6.92 Å². The number of piperidine rings is 1. The predicted octanol–water partition coefficient (Wildman–Crippen LogP) is 1.90. The first kappa shape index (κ1) is 10.9. The van der Waals surface area contributed by atoms with Crippen molar-refractivity contribution in [3.05, 3.63) is 29.3 Å². The molecule has 4 atom stereocenters. The quantitative estimate of drug-likeness (QED) is 0.872. The van der Waals surface area contributed by atoms with Gasteiger partial charge in [0.05, 0.1) is 0 Å². The smallest absolute Gasteiger partial charge is 0.221 e. The lowest BCUT2D eigenvalue weighted by atomic mass is 10.1. The Morgan fingerprint density at radius 2 is 2.29 bits per heavy atom. The molecule has 0 aromatic heterocycles. The Hall–Kier alpha value is -1.22. The molecular formula is C13H15ClN2O. The molecule has 1 aliphatic carbocycles. The molecule has 1 saturated heterocycles. The number of carbonyl (C=O) groups excluding carboxylic acids is 1. The third kappa shape index (κ3) is 1.61. The van der Waals surface area contributed by atoms with Gasteiger partial charge >= 0.3 is 0 Å². The summed E-state index contributed by atoms with van der Waals surface area (Å²) >= 11 is 6.00. The maximum atomic E-state index is 11.2. The van der Waals surface area contributed by atoms with Gasteiger partial charge in [0.15, 0.2) is 0 Å². The van der Waals surface area contributed by atoms with Gasteiger partial charge in [-0.05, 0) is 37.0 Å². The van der Waals surface area contributed by atoms with Gasteiger partial charge in [0, 0.05) is 29.2 Å². The second-order valence-corrected chi connectivity index (χ2v) is 5.48. The summed E-state index contributed by atoms with van der Waals surface area (Å²) in [6.45, 7) is 3.08. The Bertz CT molecular complexity index is 476. The zero-order valence-corrected chi connectivity index (χ0v) is 10.4. The first-order valence-corrected chi connectivity index (χ1v) is 6.29. The summed E-state index contributed by atoms with van der Waals surface area (Å²) in [5, 5.41) is 0.752. The maximum Gasteiger partial charge on any atom is 0.221 e. The van der Waals surface area contributed by atoms with Crippen molar-refractivity contribution >= 4 is 23.2 Å². The van der Waals surface area contributed by atoms with Crippen LogP contribution in [0.5, 0.6) is 0 Å². The number of benzene rings is 1. The maximum absolute atomic E-state index is 11.2. The SMILES string of the molecule is C[C@@H]1[C@@H]2[C@H](CN1c1cccc(Cl)c1)[C@H]2C(N)=O. The van der Waals surface area contributed by atoms with E-state index in [1.807, 2.05) is 18.2 Å². The van der Waals surface area contributed by atoms with Crippen molar-refractivity contribution in [3.63, 3.8) is 0 Å². The van der Waals surface area contributed by atoms with Crippen molar-refractivity contribution in [1.82, 2.24) is 0 Å². The minimum absolute atomic E-state index is 0.0976. The molecule has 0 radical (unpaired) electrons. The molecule has 1 saturated carbocycles. The van der Waals surface area contributed by atoms with Crippen LogP contribution < -0.4 is 10.6 Å². The van der Waals surface area contributed by atoms with Crippen LogP contribution in [0.3, 0.4) is 0 Å². The van der Waals surface area contributed by atoms with Crippen molar-refractivity contribution in [2.75, 3.05) is 11.4 Å². The van der Waals surface area contributed by atoms with Crippen molar-refractivity contribution in [2.24, 2.45) is 23.5 Å². The lowest BCUT2D eigenvalue weighted by Crippen LogP contribution is -2.34. The second kappa shape index (κ2) is 3.64. The van der Waals surface area contributed by atoms with E-state index in [9.17, 15) is 4.79 Å². The molecule has 17 heavy (non-hydrogen) atoms. The summed E-state index contributed by atoms with van der Waals surface area (Å²) in [7, 11) is 0. The molecule has 90 valence electrons. The molecule has 3 nitrogen and oxygen atoms in total. The van der Waals surface area contributed by atoms with Crippen LogP contribution in [-0.2, 0) is 4.79 Å². The first-order valence-electron chi connectivity index (χ1n) is 5.91. The molecule has 4 heteroatoms. The average molecular weight is 251 g/mol. The number of primary amides is 1. The Labute approximate surface area is 106 Å². The summed E-state index contributed by atoms with van der Waals surface area (Å²) in [5.41, 5.74) is 6.52. The van der Waals surface area contributed by atoms with E-state index in [0.29, 0.717) is 17.9 Å². The molecule has 3 rings (SSSR count). The fourth-order valence-corrected chi connectivity index (χ4v) is 3.48. The fraction of sp³-hybridized carbons (Fsp3) is 0.462. The molecule has 0 spiro atoms. The number of fused-ring (bicyclic) bond motifs is 1. The number of amides is 1. The van der Waals surface area contributed by atoms with Gasteiger partial charge < -0.3 is 10.6 Å². The summed E-state index contributed by atoms with van der Waals surface area (Å²) < 4.78 is 0.